The molecule has 0 amide bonds. The van der Waals surface area contributed by atoms with Crippen LogP contribution in [0.2, 0.25) is 6.32 Å². The van der Waals surface area contributed by atoms with Gasteiger partial charge in [0, 0.05) is 24.7 Å². The predicted octanol–water partition coefficient (Wildman–Crippen LogP) is 2.61. The number of nitrogens with zero attached hydrogens (tertiary/aromatic N) is 2. The molecule has 164 valence electrons. The molecule has 0 spiro atoms. The second-order valence-electron chi connectivity index (χ2n) is 8.62. The number of nitrogens with two attached hydrogens (primary N) is 1. The molecular weight excluding hydrogens is 405 g/mol. The van der Waals surface area contributed by atoms with E-state index >= 15 is 0 Å². The van der Waals surface area contributed by atoms with E-state index < -0.39 is 10.0 Å². The second-order valence-corrected chi connectivity index (χ2v) is 10.1. The Bertz CT molecular complexity index is 970. The van der Waals surface area contributed by atoms with E-state index in [2.05, 4.69) is 5.10 Å². The van der Waals surface area contributed by atoms with Crippen LogP contribution in [0, 0.1) is 0 Å². The van der Waals surface area contributed by atoms with E-state index in [1.807, 2.05) is 52.0 Å². The van der Waals surface area contributed by atoms with Crippen LogP contribution in [0.15, 0.2) is 35.5 Å². The lowest BCUT2D eigenvalue weighted by Crippen LogP contribution is -2.41. The Morgan fingerprint density at radius 1 is 1.13 bits per heavy atom. The first kappa shape index (κ1) is 22.8. The van der Waals surface area contributed by atoms with E-state index in [1.54, 1.807) is 18.0 Å². The summed E-state index contributed by atoms with van der Waals surface area (Å²) in [6.07, 6.45) is 3.57. The van der Waals surface area contributed by atoms with Crippen molar-refractivity contribution >= 4 is 17.1 Å². The minimum atomic E-state index is -3.92. The maximum Gasteiger partial charge on any atom is 0.457 e. The lowest BCUT2D eigenvalue weighted by Gasteiger charge is -2.32. The van der Waals surface area contributed by atoms with Gasteiger partial charge >= 0.3 is 7.12 Å². The molecule has 0 bridgehead atoms. The van der Waals surface area contributed by atoms with Crippen molar-refractivity contribution in [2.45, 2.75) is 69.6 Å². The minimum absolute atomic E-state index is 0.0889. The smallest absolute Gasteiger partial charge is 0.457 e. The van der Waals surface area contributed by atoms with Crippen LogP contribution < -0.4 is 9.88 Å². The van der Waals surface area contributed by atoms with Gasteiger partial charge in [-0.1, -0.05) is 12.1 Å². The maximum absolute atomic E-state index is 12.0. The molecule has 30 heavy (non-hydrogen) atoms. The number of aryl methyl sites for hydroxylation is 1. The monoisotopic (exact) mass is 435 g/mol. The number of hydrogen-bond donors (Lipinski definition) is 1. The first-order valence-corrected chi connectivity index (χ1v) is 11.5. The lowest BCUT2D eigenvalue weighted by atomic mass is 9.83. The largest absolute Gasteiger partial charge is 0.497 e. The van der Waals surface area contributed by atoms with Crippen molar-refractivity contribution < 1.29 is 22.5 Å². The highest BCUT2D eigenvalue weighted by Gasteiger charge is 2.50. The summed E-state index contributed by atoms with van der Waals surface area (Å²) >= 11 is 0. The summed E-state index contributed by atoms with van der Waals surface area (Å²) < 4.78 is 42.9. The number of rotatable bonds is 8. The molecule has 1 aromatic heterocycles. The van der Waals surface area contributed by atoms with Crippen molar-refractivity contribution in [1.29, 1.82) is 0 Å². The highest BCUT2D eigenvalue weighted by Crippen LogP contribution is 2.38. The summed E-state index contributed by atoms with van der Waals surface area (Å²) in [6.45, 7) is 8.61. The van der Waals surface area contributed by atoms with Crippen LogP contribution in [-0.4, -0.2) is 43.6 Å². The predicted molar refractivity (Wildman–Crippen MR) is 115 cm³/mol. The molecule has 10 heteroatoms. The van der Waals surface area contributed by atoms with E-state index in [1.165, 1.54) is 0 Å². The van der Waals surface area contributed by atoms with E-state index in [9.17, 15) is 8.42 Å². The van der Waals surface area contributed by atoms with Crippen LogP contribution >= 0.6 is 0 Å². The van der Waals surface area contributed by atoms with Crippen molar-refractivity contribution in [2.75, 3.05) is 7.11 Å². The number of sulfonamides is 1. The van der Waals surface area contributed by atoms with Gasteiger partial charge in [0.1, 0.15) is 5.75 Å². The molecular formula is C20H30BN3O5S. The number of primary sulfonamides is 1. The summed E-state index contributed by atoms with van der Waals surface area (Å²) in [7, 11) is -2.61. The van der Waals surface area contributed by atoms with Gasteiger partial charge in [-0.3, -0.25) is 4.68 Å². The molecule has 8 nitrogen and oxygen atoms in total. The zero-order valence-corrected chi connectivity index (χ0v) is 19.0. The van der Waals surface area contributed by atoms with E-state index in [4.69, 9.17) is 19.2 Å². The quantitative estimate of drug-likeness (QED) is 0.639. The molecule has 0 saturated carbocycles. The highest BCUT2D eigenvalue weighted by atomic mass is 32.2. The fourth-order valence-corrected chi connectivity index (χ4v) is 4.10. The zero-order chi connectivity index (χ0) is 22.2. The average Bonchev–Trinajstić information content (AvgIpc) is 3.13. The fraction of sp³-hybridized carbons (Fsp3) is 0.550. The average molecular weight is 435 g/mol. The van der Waals surface area contributed by atoms with Gasteiger partial charge in [0.25, 0.3) is 10.0 Å². The van der Waals surface area contributed by atoms with Gasteiger partial charge in [0.2, 0.25) is 0 Å². The Balaban J connectivity index is 1.67. The Morgan fingerprint density at radius 3 is 2.27 bits per heavy atom. The van der Waals surface area contributed by atoms with Gasteiger partial charge in [0.05, 0.1) is 18.3 Å². The lowest BCUT2D eigenvalue weighted by molar-refractivity contribution is 0.00578. The molecule has 2 heterocycles. The molecule has 1 aliphatic rings. The van der Waals surface area contributed by atoms with Crippen molar-refractivity contribution in [1.82, 2.24) is 9.78 Å². The van der Waals surface area contributed by atoms with E-state index in [0.29, 0.717) is 24.8 Å². The molecule has 3 rings (SSSR count). The fourth-order valence-electron chi connectivity index (χ4n) is 3.39. The Kier molecular flexibility index (Phi) is 6.34. The molecule has 2 aromatic rings. The van der Waals surface area contributed by atoms with Gasteiger partial charge in [-0.05, 0) is 58.1 Å². The normalized spacial score (nSPS) is 18.0. The topological polar surface area (TPSA) is 106 Å². The number of aromatic nitrogens is 2. The van der Waals surface area contributed by atoms with Gasteiger partial charge in [-0.15, -0.1) is 0 Å². The van der Waals surface area contributed by atoms with Crippen molar-refractivity contribution in [2.24, 2.45) is 5.14 Å². The van der Waals surface area contributed by atoms with Gasteiger partial charge in [-0.2, -0.15) is 5.10 Å². The third-order valence-corrected chi connectivity index (χ3v) is 6.63. The van der Waals surface area contributed by atoms with Crippen LogP contribution in [0.4, 0.5) is 0 Å². The Hall–Kier alpha value is -1.88. The highest BCUT2D eigenvalue weighted by molar-refractivity contribution is 7.89. The number of ether oxygens (including phenoxy) is 1. The van der Waals surface area contributed by atoms with Gasteiger partial charge < -0.3 is 14.0 Å². The molecule has 0 aliphatic carbocycles. The minimum Gasteiger partial charge on any atom is -0.497 e. The first-order chi connectivity index (χ1) is 13.9. The number of methoxy groups -OCH3 is 1. The second kappa shape index (κ2) is 8.34. The van der Waals surface area contributed by atoms with Crippen LogP contribution in [0.25, 0.3) is 0 Å². The molecule has 2 N–H and O–H groups in total. The molecule has 1 fully saturated rings. The van der Waals surface area contributed by atoms with Crippen molar-refractivity contribution in [3.63, 3.8) is 0 Å². The standard InChI is InChI=1S/C20H30BN3O5S/c1-19(2)20(3,4)29-21(28-19)11-6-12-24-14-16(18(23-24)30(22,25)26)13-15-7-9-17(27-5)10-8-15/h7-10,14H,6,11-13H2,1-5H3,(H2,22,25,26). The van der Waals surface area contributed by atoms with Gasteiger partial charge in [-0.25, -0.2) is 13.6 Å². The van der Waals surface area contributed by atoms with Crippen LogP contribution in [0.3, 0.4) is 0 Å². The summed E-state index contributed by atoms with van der Waals surface area (Å²) in [4.78, 5) is 0. The van der Waals surface area contributed by atoms with Crippen molar-refractivity contribution in [3.05, 3.63) is 41.6 Å². The van der Waals surface area contributed by atoms with Crippen LogP contribution in [0.5, 0.6) is 5.75 Å². The molecule has 0 radical (unpaired) electrons. The molecule has 1 saturated heterocycles. The summed E-state index contributed by atoms with van der Waals surface area (Å²) in [5.41, 5.74) is 0.779. The third-order valence-electron chi connectivity index (χ3n) is 5.75. The van der Waals surface area contributed by atoms with E-state index in [0.717, 1.165) is 17.7 Å². The summed E-state index contributed by atoms with van der Waals surface area (Å²) in [5, 5.41) is 9.54. The molecule has 1 aliphatic heterocycles. The number of hydrogen-bond acceptors (Lipinski definition) is 6. The molecule has 0 unspecified atom stereocenters. The Morgan fingerprint density at radius 2 is 1.73 bits per heavy atom. The van der Waals surface area contributed by atoms with E-state index in [-0.39, 0.29) is 23.3 Å². The molecule has 0 atom stereocenters. The van der Waals surface area contributed by atoms with Crippen molar-refractivity contribution in [3.8, 4) is 5.75 Å². The molecule has 1 aromatic carbocycles. The van der Waals surface area contributed by atoms with Crippen LogP contribution in [0.1, 0.15) is 45.2 Å². The zero-order valence-electron chi connectivity index (χ0n) is 18.2. The maximum atomic E-state index is 12.0. The summed E-state index contributed by atoms with van der Waals surface area (Å²) in [6, 6.07) is 7.45. The first-order valence-electron chi connectivity index (χ1n) is 9.99. The SMILES string of the molecule is COc1ccc(Cc2cn(CCCB3OC(C)(C)C(C)(C)O3)nc2S(N)(=O)=O)cc1. The Labute approximate surface area is 178 Å². The third kappa shape index (κ3) is 5.05. The van der Waals surface area contributed by atoms with Crippen LogP contribution in [-0.2, 0) is 32.3 Å². The summed E-state index contributed by atoms with van der Waals surface area (Å²) in [5.74, 6) is 0.740. The number of benzene rings is 1. The van der Waals surface area contributed by atoms with Gasteiger partial charge in [0.15, 0.2) is 5.03 Å².